The van der Waals surface area contributed by atoms with Crippen LogP contribution in [0, 0.1) is 0 Å². The van der Waals surface area contributed by atoms with Crippen molar-refractivity contribution in [3.8, 4) is 0 Å². The van der Waals surface area contributed by atoms with Crippen LogP contribution in [0.15, 0.2) is 23.4 Å². The summed E-state index contributed by atoms with van der Waals surface area (Å²) in [6.07, 6.45) is 2.57. The van der Waals surface area contributed by atoms with E-state index in [0.717, 1.165) is 5.39 Å². The van der Waals surface area contributed by atoms with Crippen LogP contribution in [0.2, 0.25) is 0 Å². The van der Waals surface area contributed by atoms with E-state index in [1.54, 1.807) is 26.1 Å². The van der Waals surface area contributed by atoms with E-state index in [1.165, 1.54) is 0 Å². The molecular weight excluding hydrogens is 326 g/mol. The molecule has 0 radical (unpaired) electrons. The van der Waals surface area contributed by atoms with Crippen molar-refractivity contribution in [2.45, 2.75) is 33.1 Å². The molecule has 25 heavy (non-hydrogen) atoms. The zero-order valence-electron chi connectivity index (χ0n) is 14.2. The van der Waals surface area contributed by atoms with Crippen molar-refractivity contribution in [2.24, 2.45) is 5.10 Å². The number of fused-ring (bicyclic) bond motifs is 1. The van der Waals surface area contributed by atoms with Gasteiger partial charge in [-0.15, -0.1) is 0 Å². The highest BCUT2D eigenvalue weighted by atomic mass is 16.5. The van der Waals surface area contributed by atoms with Crippen molar-refractivity contribution in [3.05, 3.63) is 18.3 Å². The topological polar surface area (TPSA) is 119 Å². The summed E-state index contributed by atoms with van der Waals surface area (Å²) in [7, 11) is 0. The third-order valence-corrected chi connectivity index (χ3v) is 3.24. The Bertz CT molecular complexity index is 756. The van der Waals surface area contributed by atoms with Crippen molar-refractivity contribution in [3.63, 3.8) is 0 Å². The van der Waals surface area contributed by atoms with Gasteiger partial charge in [0.05, 0.1) is 18.6 Å². The summed E-state index contributed by atoms with van der Waals surface area (Å²) in [4.78, 5) is 27.5. The third-order valence-electron chi connectivity index (χ3n) is 3.24. The maximum absolute atomic E-state index is 12.0. The second-order valence-corrected chi connectivity index (χ2v) is 5.02. The van der Waals surface area contributed by atoms with Crippen LogP contribution in [-0.4, -0.2) is 46.0 Å². The normalized spacial score (nSPS) is 11.4. The molecule has 0 bridgehead atoms. The lowest BCUT2D eigenvalue weighted by Gasteiger charge is -2.07. The van der Waals surface area contributed by atoms with Crippen molar-refractivity contribution in [1.82, 2.24) is 15.2 Å². The standard InChI is InChI=1S/C16H21N5O4/c1-3-24-13(22)9-5-8-12(16(23)25-4-2)18-20-15-11-7-6-10-17-14(11)19-21-15/h6-7,10H,3-5,8-9H2,1-2H3,(H2,17,19,20,21)/b18-12+. The van der Waals surface area contributed by atoms with Crippen LogP contribution in [0.5, 0.6) is 0 Å². The van der Waals surface area contributed by atoms with E-state index in [1.807, 2.05) is 6.07 Å². The van der Waals surface area contributed by atoms with E-state index in [2.05, 4.69) is 25.7 Å². The fraction of sp³-hybridized carbons (Fsp3) is 0.438. The number of carbonyl (C=O) groups is 2. The molecular formula is C16H21N5O4. The van der Waals surface area contributed by atoms with Crippen LogP contribution < -0.4 is 5.43 Å². The van der Waals surface area contributed by atoms with Crippen molar-refractivity contribution in [1.29, 1.82) is 0 Å². The summed E-state index contributed by atoms with van der Waals surface area (Å²) < 4.78 is 9.87. The van der Waals surface area contributed by atoms with Crippen LogP contribution in [0.1, 0.15) is 33.1 Å². The Labute approximate surface area is 144 Å². The number of hydrazone groups is 1. The summed E-state index contributed by atoms with van der Waals surface area (Å²) >= 11 is 0. The number of carbonyl (C=O) groups excluding carboxylic acids is 2. The van der Waals surface area contributed by atoms with Gasteiger partial charge in [0.2, 0.25) is 0 Å². The Morgan fingerprint density at radius 1 is 1.24 bits per heavy atom. The van der Waals surface area contributed by atoms with Gasteiger partial charge in [-0.3, -0.25) is 15.3 Å². The highest BCUT2D eigenvalue weighted by Gasteiger charge is 2.15. The number of H-pyrrole nitrogens is 1. The molecule has 0 saturated heterocycles. The van der Waals surface area contributed by atoms with E-state index >= 15 is 0 Å². The second kappa shape index (κ2) is 9.36. The molecule has 0 spiro atoms. The molecule has 2 N–H and O–H groups in total. The van der Waals surface area contributed by atoms with Crippen molar-refractivity contribution < 1.29 is 19.1 Å². The molecule has 134 valence electrons. The zero-order valence-corrected chi connectivity index (χ0v) is 14.2. The Morgan fingerprint density at radius 2 is 2.04 bits per heavy atom. The largest absolute Gasteiger partial charge is 0.466 e. The van der Waals surface area contributed by atoms with Gasteiger partial charge in [-0.25, -0.2) is 9.78 Å². The number of hydrogen-bond donors (Lipinski definition) is 2. The smallest absolute Gasteiger partial charge is 0.354 e. The molecule has 9 heteroatoms. The number of aromatic amines is 1. The minimum Gasteiger partial charge on any atom is -0.466 e. The SMILES string of the molecule is CCOC(=O)CCC/C(=N\Nc1[nH]nc2ncccc12)C(=O)OCC. The number of anilines is 1. The molecule has 9 nitrogen and oxygen atoms in total. The molecule has 0 aliphatic carbocycles. The average Bonchev–Trinajstić information content (AvgIpc) is 3.01. The summed E-state index contributed by atoms with van der Waals surface area (Å²) in [5.41, 5.74) is 3.52. The molecule has 0 amide bonds. The van der Waals surface area contributed by atoms with Gasteiger partial charge in [0.25, 0.3) is 0 Å². The van der Waals surface area contributed by atoms with Crippen molar-refractivity contribution in [2.75, 3.05) is 18.6 Å². The van der Waals surface area contributed by atoms with Gasteiger partial charge in [0.15, 0.2) is 11.5 Å². The Hall–Kier alpha value is -2.97. The van der Waals surface area contributed by atoms with Gasteiger partial charge in [-0.05, 0) is 38.8 Å². The highest BCUT2D eigenvalue weighted by Crippen LogP contribution is 2.17. The lowest BCUT2D eigenvalue weighted by atomic mass is 10.1. The number of hydrogen-bond acceptors (Lipinski definition) is 8. The molecule has 2 aromatic rings. The first-order valence-electron chi connectivity index (χ1n) is 8.10. The molecule has 0 unspecified atom stereocenters. The van der Waals surface area contributed by atoms with Crippen LogP contribution in [-0.2, 0) is 19.1 Å². The third kappa shape index (κ3) is 5.27. The van der Waals surface area contributed by atoms with Gasteiger partial charge >= 0.3 is 11.9 Å². The predicted octanol–water partition coefficient (Wildman–Crippen LogP) is 2.02. The number of ether oxygens (including phenoxy) is 2. The summed E-state index contributed by atoms with van der Waals surface area (Å²) in [5.74, 6) is -0.305. The Morgan fingerprint density at radius 3 is 2.80 bits per heavy atom. The molecule has 2 heterocycles. The molecule has 0 aliphatic rings. The highest BCUT2D eigenvalue weighted by molar-refractivity contribution is 6.36. The lowest BCUT2D eigenvalue weighted by Crippen LogP contribution is -2.19. The number of nitrogens with one attached hydrogen (secondary N) is 2. The Kier molecular flexibility index (Phi) is 6.87. The van der Waals surface area contributed by atoms with E-state index < -0.39 is 5.97 Å². The van der Waals surface area contributed by atoms with Gasteiger partial charge in [0.1, 0.15) is 5.71 Å². The van der Waals surface area contributed by atoms with Crippen molar-refractivity contribution >= 4 is 34.5 Å². The number of esters is 2. The minimum absolute atomic E-state index is 0.192. The number of rotatable bonds is 9. The maximum Gasteiger partial charge on any atom is 0.354 e. The first-order chi connectivity index (χ1) is 12.2. The number of pyridine rings is 1. The van der Waals surface area contributed by atoms with E-state index in [0.29, 0.717) is 24.5 Å². The van der Waals surface area contributed by atoms with Crippen LogP contribution in [0.25, 0.3) is 11.0 Å². The maximum atomic E-state index is 12.0. The zero-order chi connectivity index (χ0) is 18.1. The number of nitrogens with zero attached hydrogens (tertiary/aromatic N) is 3. The van der Waals surface area contributed by atoms with E-state index in [-0.39, 0.29) is 31.1 Å². The van der Waals surface area contributed by atoms with E-state index in [9.17, 15) is 9.59 Å². The Balaban J connectivity index is 2.05. The van der Waals surface area contributed by atoms with Crippen LogP contribution >= 0.6 is 0 Å². The predicted molar refractivity (Wildman–Crippen MR) is 92.1 cm³/mol. The molecule has 0 atom stereocenters. The summed E-state index contributed by atoms with van der Waals surface area (Å²) in [6, 6.07) is 3.60. The van der Waals surface area contributed by atoms with Gasteiger partial charge < -0.3 is 9.47 Å². The van der Waals surface area contributed by atoms with Gasteiger partial charge in [0, 0.05) is 12.6 Å². The quantitative estimate of drug-likeness (QED) is 0.404. The molecule has 0 fully saturated rings. The van der Waals surface area contributed by atoms with Crippen LogP contribution in [0.4, 0.5) is 5.82 Å². The molecule has 0 saturated carbocycles. The second-order valence-electron chi connectivity index (χ2n) is 5.02. The summed E-state index contributed by atoms with van der Waals surface area (Å²) in [6.45, 7) is 4.04. The molecule has 0 aromatic carbocycles. The fourth-order valence-electron chi connectivity index (χ4n) is 2.11. The van der Waals surface area contributed by atoms with Gasteiger partial charge in [-0.1, -0.05) is 0 Å². The first-order valence-corrected chi connectivity index (χ1v) is 8.10. The van der Waals surface area contributed by atoms with Crippen LogP contribution in [0.3, 0.4) is 0 Å². The minimum atomic E-state index is -0.527. The number of aromatic nitrogens is 3. The average molecular weight is 347 g/mol. The summed E-state index contributed by atoms with van der Waals surface area (Å²) in [5, 5.41) is 11.7. The van der Waals surface area contributed by atoms with Gasteiger partial charge in [-0.2, -0.15) is 10.2 Å². The lowest BCUT2D eigenvalue weighted by molar-refractivity contribution is -0.143. The fourth-order valence-corrected chi connectivity index (χ4v) is 2.11. The molecule has 2 aromatic heterocycles. The molecule has 0 aliphatic heterocycles. The molecule has 2 rings (SSSR count). The monoisotopic (exact) mass is 347 g/mol. The van der Waals surface area contributed by atoms with E-state index in [4.69, 9.17) is 9.47 Å². The first kappa shape index (κ1) is 18.4.